The third kappa shape index (κ3) is 1.13. The fraction of sp³-hybridized carbons (Fsp3) is 0.750. The Bertz CT molecular complexity index is 181. The van der Waals surface area contributed by atoms with Crippen LogP contribution in [-0.2, 0) is 9.53 Å². The predicted octanol–water partition coefficient (Wildman–Crippen LogP) is 0.116. The third-order valence-corrected chi connectivity index (χ3v) is 2.31. The molecule has 2 atom stereocenters. The number of esters is 1. The van der Waals surface area contributed by atoms with E-state index >= 15 is 0 Å². The summed E-state index contributed by atoms with van der Waals surface area (Å²) >= 11 is 0. The minimum absolute atomic E-state index is 0.0695. The molecule has 1 heterocycles. The van der Waals surface area contributed by atoms with Crippen LogP contribution in [0, 0.1) is 11.8 Å². The highest BCUT2D eigenvalue weighted by Gasteiger charge is 2.52. The van der Waals surface area contributed by atoms with Crippen molar-refractivity contribution in [3.05, 3.63) is 5.92 Å². The molecule has 1 radical (unpaired) electrons. The second-order valence-electron chi connectivity index (χ2n) is 3.07. The fourth-order valence-corrected chi connectivity index (χ4v) is 1.63. The van der Waals surface area contributed by atoms with E-state index in [0.29, 0.717) is 12.5 Å². The summed E-state index contributed by atoms with van der Waals surface area (Å²) in [4.78, 5) is 11.2. The van der Waals surface area contributed by atoms with E-state index in [1.165, 1.54) is 5.92 Å². The number of ether oxygens (including phenoxy) is 1. The zero-order valence-corrected chi connectivity index (χ0v) is 6.59. The molecule has 0 aromatic carbocycles. The van der Waals surface area contributed by atoms with Gasteiger partial charge in [0.1, 0.15) is 6.04 Å². The van der Waals surface area contributed by atoms with Gasteiger partial charge in [-0.3, -0.25) is 4.79 Å². The Morgan fingerprint density at radius 1 is 1.82 bits per heavy atom. The minimum atomic E-state index is -0.0949. The first-order valence-electron chi connectivity index (χ1n) is 4.08. The molecular formula is C8H12NO2. The molecule has 61 valence electrons. The van der Waals surface area contributed by atoms with Crippen LogP contribution >= 0.6 is 0 Å². The lowest BCUT2D eigenvalue weighted by Crippen LogP contribution is -2.35. The molecule has 3 nitrogen and oxygen atoms in total. The van der Waals surface area contributed by atoms with Crippen molar-refractivity contribution in [3.63, 3.8) is 0 Å². The molecule has 2 unspecified atom stereocenters. The Kier molecular flexibility index (Phi) is 1.60. The zero-order valence-electron chi connectivity index (χ0n) is 6.59. The van der Waals surface area contributed by atoms with Gasteiger partial charge in [-0.25, -0.2) is 0 Å². The Morgan fingerprint density at radius 2 is 2.64 bits per heavy atom. The largest absolute Gasteiger partial charge is 0.465 e. The summed E-state index contributed by atoms with van der Waals surface area (Å²) in [6, 6.07) is -0.0695. The highest BCUT2D eigenvalue weighted by molar-refractivity contribution is 5.80. The number of piperidine rings is 1. The molecule has 2 rings (SSSR count). The van der Waals surface area contributed by atoms with Gasteiger partial charge in [0.15, 0.2) is 0 Å². The molecule has 3 heteroatoms. The molecule has 0 bridgehead atoms. The zero-order chi connectivity index (χ0) is 7.84. The van der Waals surface area contributed by atoms with Crippen LogP contribution in [0.5, 0.6) is 0 Å². The Labute approximate surface area is 66.1 Å². The average Bonchev–Trinajstić information content (AvgIpc) is 2.63. The van der Waals surface area contributed by atoms with Gasteiger partial charge >= 0.3 is 5.97 Å². The summed E-state index contributed by atoms with van der Waals surface area (Å²) in [6.07, 6.45) is 1.14. The van der Waals surface area contributed by atoms with Crippen molar-refractivity contribution in [1.82, 2.24) is 5.32 Å². The van der Waals surface area contributed by atoms with E-state index in [4.69, 9.17) is 4.74 Å². The summed E-state index contributed by atoms with van der Waals surface area (Å²) in [6.45, 7) is 3.29. The molecule has 2 fully saturated rings. The summed E-state index contributed by atoms with van der Waals surface area (Å²) in [5.41, 5.74) is 0. The van der Waals surface area contributed by atoms with E-state index in [2.05, 4.69) is 5.32 Å². The third-order valence-electron chi connectivity index (χ3n) is 2.31. The van der Waals surface area contributed by atoms with Crippen LogP contribution in [-0.4, -0.2) is 25.2 Å². The van der Waals surface area contributed by atoms with Gasteiger partial charge in [-0.15, -0.1) is 0 Å². The number of hydrogen-bond donors (Lipinski definition) is 1. The van der Waals surface area contributed by atoms with E-state index in [1.54, 1.807) is 0 Å². The van der Waals surface area contributed by atoms with E-state index in [1.807, 2.05) is 6.92 Å². The Balaban J connectivity index is 1.89. The molecule has 0 spiro atoms. The smallest absolute Gasteiger partial charge is 0.323 e. The first-order chi connectivity index (χ1) is 5.33. The first-order valence-corrected chi connectivity index (χ1v) is 4.08. The van der Waals surface area contributed by atoms with Crippen molar-refractivity contribution in [1.29, 1.82) is 0 Å². The van der Waals surface area contributed by atoms with Gasteiger partial charge in [-0.1, -0.05) is 0 Å². The maximum Gasteiger partial charge on any atom is 0.323 e. The van der Waals surface area contributed by atoms with Gasteiger partial charge in [-0.05, 0) is 25.8 Å². The van der Waals surface area contributed by atoms with Crippen molar-refractivity contribution in [2.24, 2.45) is 5.92 Å². The number of rotatable bonds is 2. The Morgan fingerprint density at radius 3 is 3.09 bits per heavy atom. The molecule has 1 saturated heterocycles. The van der Waals surface area contributed by atoms with Crippen molar-refractivity contribution in [2.45, 2.75) is 19.4 Å². The number of carbonyl (C=O) groups is 1. The average molecular weight is 154 g/mol. The molecule has 1 N–H and O–H groups in total. The van der Waals surface area contributed by atoms with Crippen LogP contribution in [0.1, 0.15) is 13.3 Å². The van der Waals surface area contributed by atoms with Crippen LogP contribution < -0.4 is 5.32 Å². The first kappa shape index (κ1) is 7.10. The van der Waals surface area contributed by atoms with Crippen molar-refractivity contribution >= 4 is 5.97 Å². The quantitative estimate of drug-likeness (QED) is 0.574. The number of hydrogen-bond acceptors (Lipinski definition) is 3. The van der Waals surface area contributed by atoms with Crippen LogP contribution in [0.15, 0.2) is 0 Å². The molecule has 1 aliphatic heterocycles. The summed E-state index contributed by atoms with van der Waals surface area (Å²) < 4.78 is 4.90. The van der Waals surface area contributed by atoms with Crippen LogP contribution in [0.3, 0.4) is 0 Å². The lowest BCUT2D eigenvalue weighted by molar-refractivity contribution is -0.144. The number of carbonyl (C=O) groups excluding carboxylic acids is 1. The maximum absolute atomic E-state index is 11.2. The molecule has 1 aliphatic carbocycles. The van der Waals surface area contributed by atoms with E-state index in [0.717, 1.165) is 13.0 Å². The molecular weight excluding hydrogens is 142 g/mol. The van der Waals surface area contributed by atoms with Gasteiger partial charge in [0.25, 0.3) is 0 Å². The SMILES string of the molecule is CCOC(=O)C1NCC2C[C]21. The highest BCUT2D eigenvalue weighted by atomic mass is 16.5. The van der Waals surface area contributed by atoms with Gasteiger partial charge in [0, 0.05) is 5.92 Å². The van der Waals surface area contributed by atoms with Gasteiger partial charge in [0.2, 0.25) is 0 Å². The predicted molar refractivity (Wildman–Crippen MR) is 39.8 cm³/mol. The van der Waals surface area contributed by atoms with Crippen LogP contribution in [0.2, 0.25) is 0 Å². The minimum Gasteiger partial charge on any atom is -0.465 e. The van der Waals surface area contributed by atoms with Crippen molar-refractivity contribution < 1.29 is 9.53 Å². The van der Waals surface area contributed by atoms with Crippen molar-refractivity contribution in [2.75, 3.05) is 13.2 Å². The lowest BCUT2D eigenvalue weighted by atomic mass is 10.2. The molecule has 1 saturated carbocycles. The standard InChI is InChI=1S/C8H12NO2/c1-2-11-8(10)7-6-3-5(6)4-9-7/h5,7,9H,2-4H2,1H3. The molecule has 2 aliphatic rings. The fourth-order valence-electron chi connectivity index (χ4n) is 1.63. The normalized spacial score (nSPS) is 35.0. The van der Waals surface area contributed by atoms with Gasteiger partial charge in [-0.2, -0.15) is 0 Å². The highest BCUT2D eigenvalue weighted by Crippen LogP contribution is 2.47. The van der Waals surface area contributed by atoms with Crippen molar-refractivity contribution in [3.8, 4) is 0 Å². The van der Waals surface area contributed by atoms with E-state index < -0.39 is 0 Å². The summed E-state index contributed by atoms with van der Waals surface area (Å²) in [7, 11) is 0. The molecule has 0 aromatic heterocycles. The van der Waals surface area contributed by atoms with E-state index in [9.17, 15) is 4.79 Å². The maximum atomic E-state index is 11.2. The van der Waals surface area contributed by atoms with Crippen LogP contribution in [0.25, 0.3) is 0 Å². The summed E-state index contributed by atoms with van der Waals surface area (Å²) in [5.74, 6) is 1.94. The van der Waals surface area contributed by atoms with Crippen LogP contribution in [0.4, 0.5) is 0 Å². The van der Waals surface area contributed by atoms with E-state index in [-0.39, 0.29) is 12.0 Å². The molecule has 0 amide bonds. The molecule has 11 heavy (non-hydrogen) atoms. The Hall–Kier alpha value is -0.570. The summed E-state index contributed by atoms with van der Waals surface area (Å²) in [5, 5.41) is 3.13. The monoisotopic (exact) mass is 154 g/mol. The molecule has 0 aromatic rings. The lowest BCUT2D eigenvalue weighted by Gasteiger charge is -2.10. The number of nitrogens with one attached hydrogen (secondary N) is 1. The van der Waals surface area contributed by atoms with Gasteiger partial charge < -0.3 is 10.1 Å². The second kappa shape index (κ2) is 2.48. The topological polar surface area (TPSA) is 38.3 Å². The van der Waals surface area contributed by atoms with Gasteiger partial charge in [0.05, 0.1) is 6.61 Å². The second-order valence-corrected chi connectivity index (χ2v) is 3.07. The number of fused-ring (bicyclic) bond motifs is 1.